The third-order valence-corrected chi connectivity index (χ3v) is 1.81. The second-order valence-corrected chi connectivity index (χ2v) is 2.79. The molecule has 1 aromatic carbocycles. The molecule has 16 heavy (non-hydrogen) atoms. The number of hydrazine groups is 2. The van der Waals surface area contributed by atoms with Gasteiger partial charge in [-0.2, -0.15) is 0 Å². The van der Waals surface area contributed by atoms with Gasteiger partial charge in [0.15, 0.2) is 0 Å². The van der Waals surface area contributed by atoms with Crippen LogP contribution in [0.2, 0.25) is 0 Å². The van der Waals surface area contributed by atoms with Crippen LogP contribution >= 0.6 is 0 Å². The normalized spacial score (nSPS) is 9.62. The molecule has 0 saturated carbocycles. The van der Waals surface area contributed by atoms with Gasteiger partial charge < -0.3 is 10.2 Å². The van der Waals surface area contributed by atoms with Crippen LogP contribution < -0.4 is 21.7 Å². The molecule has 0 aliphatic heterocycles. The molecule has 0 unspecified atom stereocenters. The van der Waals surface area contributed by atoms with Crippen molar-refractivity contribution in [1.82, 2.24) is 0 Å². The topological polar surface area (TPSA) is 133 Å². The molecule has 0 aliphatic carbocycles. The van der Waals surface area contributed by atoms with Gasteiger partial charge in [-0.25, -0.2) is 31.3 Å². The lowest BCUT2D eigenvalue weighted by atomic mass is 10.2. The highest BCUT2D eigenvalue weighted by Crippen LogP contribution is 2.25. The van der Waals surface area contributed by atoms with E-state index >= 15 is 0 Å². The van der Waals surface area contributed by atoms with Crippen LogP contribution in [0.4, 0.5) is 21.0 Å². The third kappa shape index (κ3) is 2.19. The van der Waals surface area contributed by atoms with Gasteiger partial charge in [0, 0.05) is 0 Å². The zero-order chi connectivity index (χ0) is 12.3. The fourth-order valence-corrected chi connectivity index (χ4v) is 1.08. The molecule has 1 rings (SSSR count). The van der Waals surface area contributed by atoms with Gasteiger partial charge in [-0.1, -0.05) is 12.1 Å². The molecule has 0 aromatic heterocycles. The second-order valence-electron chi connectivity index (χ2n) is 2.79. The Hall–Kier alpha value is -2.32. The van der Waals surface area contributed by atoms with Gasteiger partial charge >= 0.3 is 12.2 Å². The first-order valence-electron chi connectivity index (χ1n) is 4.09. The van der Waals surface area contributed by atoms with E-state index < -0.39 is 12.2 Å². The number of anilines is 2. The summed E-state index contributed by atoms with van der Waals surface area (Å²) in [5.41, 5.74) is -0.0557. The number of amides is 2. The third-order valence-electron chi connectivity index (χ3n) is 1.81. The summed E-state index contributed by atoms with van der Waals surface area (Å²) in [6, 6.07) is 5.70. The summed E-state index contributed by atoms with van der Waals surface area (Å²) in [5, 5.41) is 18.1. The standard InChI is InChI=1S/C8H10N4O4/c9-11(7(13)14)5-3-1-2-4-6(5)12(10)8(15)16/h1-4H,9-10H2,(H,13,14)(H,15,16). The van der Waals surface area contributed by atoms with Gasteiger partial charge in [-0.05, 0) is 12.1 Å². The first-order chi connectivity index (χ1) is 7.45. The van der Waals surface area contributed by atoms with Crippen LogP contribution in [0.3, 0.4) is 0 Å². The average Bonchev–Trinajstić information content (AvgIpc) is 2.26. The van der Waals surface area contributed by atoms with Crippen molar-refractivity contribution < 1.29 is 19.8 Å². The van der Waals surface area contributed by atoms with E-state index in [-0.39, 0.29) is 11.4 Å². The van der Waals surface area contributed by atoms with Crippen LogP contribution in [0.5, 0.6) is 0 Å². The zero-order valence-corrected chi connectivity index (χ0v) is 8.07. The number of rotatable bonds is 2. The fraction of sp³-hybridized carbons (Fsp3) is 0. The van der Waals surface area contributed by atoms with E-state index in [1.54, 1.807) is 0 Å². The molecule has 0 radical (unpaired) electrons. The Morgan fingerprint density at radius 2 is 1.25 bits per heavy atom. The Kier molecular flexibility index (Phi) is 3.28. The first-order valence-corrected chi connectivity index (χ1v) is 4.09. The summed E-state index contributed by atoms with van der Waals surface area (Å²) in [6.45, 7) is 0. The van der Waals surface area contributed by atoms with Crippen molar-refractivity contribution in [3.05, 3.63) is 24.3 Å². The van der Waals surface area contributed by atoms with Crippen molar-refractivity contribution in [2.75, 3.05) is 10.0 Å². The van der Waals surface area contributed by atoms with E-state index in [4.69, 9.17) is 21.9 Å². The average molecular weight is 226 g/mol. The SMILES string of the molecule is NN(C(=O)O)c1ccccc1N(N)C(=O)O. The van der Waals surface area contributed by atoms with Crippen LogP contribution in [0.25, 0.3) is 0 Å². The number of nitrogens with zero attached hydrogens (tertiary/aromatic N) is 2. The Balaban J connectivity index is 3.19. The fourth-order valence-electron chi connectivity index (χ4n) is 1.08. The Bertz CT molecular complexity index is 383. The molecule has 0 atom stereocenters. The van der Waals surface area contributed by atoms with Crippen LogP contribution in [0.1, 0.15) is 0 Å². The Morgan fingerprint density at radius 1 is 0.938 bits per heavy atom. The molecule has 6 N–H and O–H groups in total. The summed E-state index contributed by atoms with van der Waals surface area (Å²) in [6.07, 6.45) is -2.85. The molecule has 8 heteroatoms. The molecule has 8 nitrogen and oxygen atoms in total. The maximum atomic E-state index is 10.6. The van der Waals surface area contributed by atoms with Crippen LogP contribution in [0.15, 0.2) is 24.3 Å². The molecule has 2 amide bonds. The maximum absolute atomic E-state index is 10.6. The minimum absolute atomic E-state index is 0.0279. The quantitative estimate of drug-likeness (QED) is 0.327. The van der Waals surface area contributed by atoms with Crippen LogP contribution in [-0.2, 0) is 0 Å². The number of nitrogens with two attached hydrogens (primary N) is 2. The molecular formula is C8H10N4O4. The molecule has 0 saturated heterocycles. The highest BCUT2D eigenvalue weighted by atomic mass is 16.4. The largest absolute Gasteiger partial charge is 0.464 e. The predicted molar refractivity (Wildman–Crippen MR) is 55.8 cm³/mol. The summed E-state index contributed by atoms with van der Waals surface area (Å²) in [4.78, 5) is 21.3. The zero-order valence-electron chi connectivity index (χ0n) is 8.07. The minimum atomic E-state index is -1.42. The smallest absolute Gasteiger partial charge is 0.426 e. The number of para-hydroxylation sites is 2. The summed E-state index contributed by atoms with van der Waals surface area (Å²) < 4.78 is 0. The van der Waals surface area contributed by atoms with E-state index in [2.05, 4.69) is 0 Å². The molecular weight excluding hydrogens is 216 g/mol. The lowest BCUT2D eigenvalue weighted by Gasteiger charge is -2.20. The number of hydrogen-bond donors (Lipinski definition) is 4. The number of benzene rings is 1. The van der Waals surface area contributed by atoms with Gasteiger partial charge in [-0.15, -0.1) is 0 Å². The van der Waals surface area contributed by atoms with Crippen molar-refractivity contribution in [3.63, 3.8) is 0 Å². The van der Waals surface area contributed by atoms with Gasteiger partial charge in [0.25, 0.3) is 0 Å². The highest BCUT2D eigenvalue weighted by molar-refractivity contribution is 5.95. The molecule has 0 bridgehead atoms. The highest BCUT2D eigenvalue weighted by Gasteiger charge is 2.19. The number of carbonyl (C=O) groups is 2. The summed E-state index contributed by atoms with van der Waals surface area (Å²) in [7, 11) is 0. The monoisotopic (exact) mass is 226 g/mol. The molecule has 0 fully saturated rings. The van der Waals surface area contributed by atoms with Gasteiger partial charge in [0.05, 0.1) is 11.4 Å². The predicted octanol–water partition coefficient (Wildman–Crippen LogP) is 0.403. The van der Waals surface area contributed by atoms with Crippen LogP contribution in [-0.4, -0.2) is 22.4 Å². The van der Waals surface area contributed by atoms with Crippen molar-refractivity contribution in [3.8, 4) is 0 Å². The van der Waals surface area contributed by atoms with E-state index in [0.717, 1.165) is 0 Å². The van der Waals surface area contributed by atoms with Crippen molar-refractivity contribution in [2.24, 2.45) is 11.7 Å². The summed E-state index contributed by atoms with van der Waals surface area (Å²) >= 11 is 0. The van der Waals surface area contributed by atoms with E-state index in [0.29, 0.717) is 10.0 Å². The molecule has 0 heterocycles. The lowest BCUT2D eigenvalue weighted by molar-refractivity contribution is 0.199. The molecule has 0 spiro atoms. The van der Waals surface area contributed by atoms with Crippen molar-refractivity contribution in [2.45, 2.75) is 0 Å². The van der Waals surface area contributed by atoms with Crippen molar-refractivity contribution in [1.29, 1.82) is 0 Å². The Morgan fingerprint density at radius 3 is 1.50 bits per heavy atom. The van der Waals surface area contributed by atoms with E-state index in [9.17, 15) is 9.59 Å². The molecule has 1 aromatic rings. The molecule has 86 valence electrons. The number of carboxylic acid groups (broad SMARTS) is 2. The second kappa shape index (κ2) is 4.47. The maximum Gasteiger partial charge on any atom is 0.426 e. The van der Waals surface area contributed by atoms with Crippen molar-refractivity contribution >= 4 is 23.6 Å². The lowest BCUT2D eigenvalue weighted by Crippen LogP contribution is -2.41. The van der Waals surface area contributed by atoms with E-state index in [1.807, 2.05) is 0 Å². The number of hydrogen-bond acceptors (Lipinski definition) is 4. The van der Waals surface area contributed by atoms with Gasteiger partial charge in [0.2, 0.25) is 0 Å². The molecule has 0 aliphatic rings. The van der Waals surface area contributed by atoms with Gasteiger partial charge in [-0.3, -0.25) is 0 Å². The minimum Gasteiger partial charge on any atom is -0.464 e. The summed E-state index contributed by atoms with van der Waals surface area (Å²) in [5.74, 6) is 10.5. The van der Waals surface area contributed by atoms with E-state index in [1.165, 1.54) is 24.3 Å². The van der Waals surface area contributed by atoms with Gasteiger partial charge in [0.1, 0.15) is 0 Å². The van der Waals surface area contributed by atoms with Crippen LogP contribution in [0, 0.1) is 0 Å². The first kappa shape index (κ1) is 11.8. The Labute approximate surface area is 90.2 Å².